The summed E-state index contributed by atoms with van der Waals surface area (Å²) in [6.07, 6.45) is 6.17. The van der Waals surface area contributed by atoms with Crippen molar-refractivity contribution in [3.8, 4) is 0 Å². The van der Waals surface area contributed by atoms with E-state index in [1.807, 2.05) is 60.7 Å². The zero-order valence-electron chi connectivity index (χ0n) is 17.8. The van der Waals surface area contributed by atoms with E-state index < -0.39 is 0 Å². The van der Waals surface area contributed by atoms with Gasteiger partial charge in [-0.15, -0.1) is 0 Å². The van der Waals surface area contributed by atoms with E-state index in [9.17, 15) is 4.79 Å². The predicted molar refractivity (Wildman–Crippen MR) is 140 cm³/mol. The maximum absolute atomic E-state index is 13.4. The van der Waals surface area contributed by atoms with Gasteiger partial charge < -0.3 is 0 Å². The summed E-state index contributed by atoms with van der Waals surface area (Å²) in [4.78, 5) is 15.7. The molecule has 0 unspecified atom stereocenters. The van der Waals surface area contributed by atoms with Crippen molar-refractivity contribution >= 4 is 49.8 Å². The molecule has 0 aromatic heterocycles. The molecule has 1 aliphatic rings. The standard InChI is InChI=1S/C28H25Br2NO/c29-26-12-4-9-22(17-26)15-24-19-31(14-6-11-21-7-2-1-3-8-21)20-25(28(24)32)16-23-10-5-13-27(30)18-23/h1-5,7-10,12-13,15-18H,6,11,14,19-20H2. The third-order valence-electron chi connectivity index (χ3n) is 5.53. The summed E-state index contributed by atoms with van der Waals surface area (Å²) in [6, 6.07) is 26.8. The van der Waals surface area contributed by atoms with Gasteiger partial charge in [0.15, 0.2) is 5.78 Å². The number of benzene rings is 3. The van der Waals surface area contributed by atoms with E-state index in [2.05, 4.69) is 67.1 Å². The van der Waals surface area contributed by atoms with E-state index in [1.54, 1.807) is 0 Å². The fraction of sp³-hybridized carbons (Fsp3) is 0.179. The van der Waals surface area contributed by atoms with Crippen LogP contribution < -0.4 is 0 Å². The van der Waals surface area contributed by atoms with Crippen molar-refractivity contribution in [1.82, 2.24) is 4.90 Å². The first-order valence-corrected chi connectivity index (χ1v) is 12.4. The first-order chi connectivity index (χ1) is 15.6. The summed E-state index contributed by atoms with van der Waals surface area (Å²) in [6.45, 7) is 2.31. The van der Waals surface area contributed by atoms with E-state index in [4.69, 9.17) is 0 Å². The minimum Gasteiger partial charge on any atom is -0.295 e. The number of rotatable bonds is 6. The van der Waals surface area contributed by atoms with Crippen LogP contribution in [0.1, 0.15) is 23.1 Å². The molecule has 1 saturated heterocycles. The van der Waals surface area contributed by atoms with Crippen LogP contribution in [0.4, 0.5) is 0 Å². The second kappa shape index (κ2) is 11.0. The normalized spacial score (nSPS) is 17.2. The summed E-state index contributed by atoms with van der Waals surface area (Å²) >= 11 is 7.07. The third kappa shape index (κ3) is 6.38. The SMILES string of the molecule is O=C1C(=Cc2cccc(Br)c2)CN(CCCc2ccccc2)CC1=Cc1cccc(Br)c1. The van der Waals surface area contributed by atoms with Gasteiger partial charge in [0, 0.05) is 33.2 Å². The number of aryl methyl sites for hydroxylation is 1. The van der Waals surface area contributed by atoms with Crippen molar-refractivity contribution in [2.75, 3.05) is 19.6 Å². The maximum atomic E-state index is 13.4. The Morgan fingerprint density at radius 3 is 1.84 bits per heavy atom. The molecule has 1 aliphatic heterocycles. The molecule has 0 spiro atoms. The molecule has 162 valence electrons. The fourth-order valence-electron chi connectivity index (χ4n) is 4.01. The second-order valence-corrected chi connectivity index (χ2v) is 9.91. The molecule has 0 N–H and O–H groups in total. The van der Waals surface area contributed by atoms with Gasteiger partial charge in [-0.05, 0) is 72.5 Å². The number of hydrogen-bond donors (Lipinski definition) is 0. The molecule has 1 fully saturated rings. The van der Waals surface area contributed by atoms with Crippen molar-refractivity contribution in [1.29, 1.82) is 0 Å². The van der Waals surface area contributed by atoms with Crippen LogP contribution in [0.25, 0.3) is 12.2 Å². The zero-order chi connectivity index (χ0) is 22.3. The molecule has 3 aromatic rings. The van der Waals surface area contributed by atoms with Crippen molar-refractivity contribution in [2.45, 2.75) is 12.8 Å². The predicted octanol–water partition coefficient (Wildman–Crippen LogP) is 7.20. The van der Waals surface area contributed by atoms with E-state index >= 15 is 0 Å². The second-order valence-electron chi connectivity index (χ2n) is 8.08. The Morgan fingerprint density at radius 1 is 0.750 bits per heavy atom. The van der Waals surface area contributed by atoms with Crippen LogP contribution in [-0.2, 0) is 11.2 Å². The molecular formula is C28H25Br2NO. The highest BCUT2D eigenvalue weighted by molar-refractivity contribution is 9.10. The van der Waals surface area contributed by atoms with Crippen LogP contribution in [0.5, 0.6) is 0 Å². The first kappa shape index (κ1) is 22.9. The molecular weight excluding hydrogens is 526 g/mol. The topological polar surface area (TPSA) is 20.3 Å². The van der Waals surface area contributed by atoms with Crippen molar-refractivity contribution in [3.63, 3.8) is 0 Å². The Hall–Kier alpha value is -2.27. The highest BCUT2D eigenvalue weighted by Crippen LogP contribution is 2.24. The number of piperidine rings is 1. The maximum Gasteiger partial charge on any atom is 0.187 e. The average Bonchev–Trinajstić information content (AvgIpc) is 2.78. The molecule has 0 bridgehead atoms. The molecule has 4 heteroatoms. The Kier molecular flexibility index (Phi) is 7.90. The molecule has 2 nitrogen and oxygen atoms in total. The number of ketones is 1. The minimum atomic E-state index is 0.143. The van der Waals surface area contributed by atoms with Gasteiger partial charge >= 0.3 is 0 Å². The molecule has 0 amide bonds. The minimum absolute atomic E-state index is 0.143. The highest BCUT2D eigenvalue weighted by Gasteiger charge is 2.25. The summed E-state index contributed by atoms with van der Waals surface area (Å²) in [5, 5.41) is 0. The quantitative estimate of drug-likeness (QED) is 0.302. The third-order valence-corrected chi connectivity index (χ3v) is 6.52. The lowest BCUT2D eigenvalue weighted by molar-refractivity contribution is -0.113. The zero-order valence-corrected chi connectivity index (χ0v) is 21.0. The van der Waals surface area contributed by atoms with Crippen LogP contribution in [-0.4, -0.2) is 30.3 Å². The lowest BCUT2D eigenvalue weighted by Gasteiger charge is -2.30. The number of Topliss-reactive ketones (excluding diaryl/α,β-unsaturated/α-hetero) is 1. The van der Waals surface area contributed by atoms with Crippen LogP contribution in [0.15, 0.2) is 99.0 Å². The van der Waals surface area contributed by atoms with Gasteiger partial charge in [0.1, 0.15) is 0 Å². The van der Waals surface area contributed by atoms with Crippen LogP contribution in [0.3, 0.4) is 0 Å². The number of likely N-dealkylation sites (tertiary alicyclic amines) is 1. The van der Waals surface area contributed by atoms with E-state index in [-0.39, 0.29) is 5.78 Å². The molecule has 32 heavy (non-hydrogen) atoms. The molecule has 0 radical (unpaired) electrons. The van der Waals surface area contributed by atoms with Gasteiger partial charge in [-0.3, -0.25) is 9.69 Å². The largest absolute Gasteiger partial charge is 0.295 e. The Bertz CT molecular complexity index is 1080. The summed E-state index contributed by atoms with van der Waals surface area (Å²) in [5.74, 6) is 0.143. The van der Waals surface area contributed by atoms with E-state index in [1.165, 1.54) is 5.56 Å². The average molecular weight is 551 g/mol. The Balaban J connectivity index is 1.57. The fourth-order valence-corrected chi connectivity index (χ4v) is 4.85. The van der Waals surface area contributed by atoms with Crippen molar-refractivity contribution in [2.24, 2.45) is 0 Å². The monoisotopic (exact) mass is 549 g/mol. The number of nitrogens with zero attached hydrogens (tertiary/aromatic N) is 1. The summed E-state index contributed by atoms with van der Waals surface area (Å²) in [5.41, 5.74) is 5.12. The molecule has 0 saturated carbocycles. The number of halogens is 2. The number of carbonyl (C=O) groups is 1. The first-order valence-electron chi connectivity index (χ1n) is 10.8. The van der Waals surface area contributed by atoms with Gasteiger partial charge in [-0.2, -0.15) is 0 Å². The van der Waals surface area contributed by atoms with Gasteiger partial charge in [-0.1, -0.05) is 86.5 Å². The molecule has 4 rings (SSSR count). The van der Waals surface area contributed by atoms with Crippen molar-refractivity contribution in [3.05, 3.63) is 116 Å². The molecule has 3 aromatic carbocycles. The van der Waals surface area contributed by atoms with Gasteiger partial charge in [-0.25, -0.2) is 0 Å². The van der Waals surface area contributed by atoms with E-state index in [0.29, 0.717) is 13.1 Å². The van der Waals surface area contributed by atoms with Gasteiger partial charge in [0.2, 0.25) is 0 Å². The number of hydrogen-bond acceptors (Lipinski definition) is 2. The van der Waals surface area contributed by atoms with Crippen LogP contribution in [0, 0.1) is 0 Å². The molecule has 0 atom stereocenters. The lowest BCUT2D eigenvalue weighted by Crippen LogP contribution is -2.38. The molecule has 1 heterocycles. The highest BCUT2D eigenvalue weighted by atomic mass is 79.9. The summed E-state index contributed by atoms with van der Waals surface area (Å²) in [7, 11) is 0. The van der Waals surface area contributed by atoms with Crippen molar-refractivity contribution < 1.29 is 4.79 Å². The Morgan fingerprint density at radius 2 is 1.31 bits per heavy atom. The van der Waals surface area contributed by atoms with E-state index in [0.717, 1.165) is 50.6 Å². The smallest absolute Gasteiger partial charge is 0.187 e. The van der Waals surface area contributed by atoms with Crippen LogP contribution >= 0.6 is 31.9 Å². The summed E-state index contributed by atoms with van der Waals surface area (Å²) < 4.78 is 2.03. The van der Waals surface area contributed by atoms with Gasteiger partial charge in [0.05, 0.1) is 0 Å². The molecule has 0 aliphatic carbocycles. The van der Waals surface area contributed by atoms with Crippen LogP contribution in [0.2, 0.25) is 0 Å². The lowest BCUT2D eigenvalue weighted by atomic mass is 9.94. The Labute approximate surface area is 206 Å². The number of carbonyl (C=O) groups excluding carboxylic acids is 1. The van der Waals surface area contributed by atoms with Gasteiger partial charge in [0.25, 0.3) is 0 Å².